The number of esters is 1. The average Bonchev–Trinajstić information content (AvgIpc) is 2.33. The van der Waals surface area contributed by atoms with Gasteiger partial charge < -0.3 is 14.8 Å². The van der Waals surface area contributed by atoms with E-state index in [9.17, 15) is 9.59 Å². The molecule has 1 amide bonds. The van der Waals surface area contributed by atoms with Crippen LogP contribution in [-0.4, -0.2) is 30.8 Å². The molecule has 1 rings (SSSR count). The number of alkyl carbamates (subject to hydrolysis) is 1. The molecule has 2 atom stereocenters. The summed E-state index contributed by atoms with van der Waals surface area (Å²) < 4.78 is 9.93. The predicted molar refractivity (Wildman–Crippen MR) is 78.4 cm³/mol. The van der Waals surface area contributed by atoms with Crippen molar-refractivity contribution in [2.75, 3.05) is 7.11 Å². The summed E-state index contributed by atoms with van der Waals surface area (Å²) in [6, 6.07) is -0.0588. The SMILES string of the molecule is CC.COC(=O)C1C[C@@H](NC(=O)OC(C)(C)C)C1(C)C. The van der Waals surface area contributed by atoms with Gasteiger partial charge in [0.05, 0.1) is 13.0 Å². The Balaban J connectivity index is 0.00000172. The molecule has 0 bridgehead atoms. The van der Waals surface area contributed by atoms with Gasteiger partial charge in [-0.05, 0) is 32.6 Å². The van der Waals surface area contributed by atoms with Crippen molar-refractivity contribution in [2.24, 2.45) is 11.3 Å². The van der Waals surface area contributed by atoms with E-state index in [1.165, 1.54) is 7.11 Å². The number of carbonyl (C=O) groups excluding carboxylic acids is 2. The summed E-state index contributed by atoms with van der Waals surface area (Å²) in [5.41, 5.74) is -0.816. The second kappa shape index (κ2) is 6.95. The summed E-state index contributed by atoms with van der Waals surface area (Å²) in [7, 11) is 1.38. The summed E-state index contributed by atoms with van der Waals surface area (Å²) in [5.74, 6) is -0.385. The van der Waals surface area contributed by atoms with Crippen LogP contribution in [0, 0.1) is 11.3 Å². The highest BCUT2D eigenvalue weighted by Crippen LogP contribution is 2.46. The summed E-state index contributed by atoms with van der Waals surface area (Å²) >= 11 is 0. The molecule has 0 aromatic heterocycles. The van der Waals surface area contributed by atoms with Crippen molar-refractivity contribution >= 4 is 12.1 Å². The highest BCUT2D eigenvalue weighted by molar-refractivity contribution is 5.76. The van der Waals surface area contributed by atoms with E-state index in [0.717, 1.165) is 0 Å². The maximum atomic E-state index is 11.6. The van der Waals surface area contributed by atoms with E-state index >= 15 is 0 Å². The molecular weight excluding hydrogens is 258 g/mol. The molecular formula is C15H29NO4. The zero-order chi connectivity index (χ0) is 16.1. The maximum absolute atomic E-state index is 11.6. The summed E-state index contributed by atoms with van der Waals surface area (Å²) in [6.45, 7) is 13.3. The third-order valence-electron chi connectivity index (χ3n) is 3.44. The number of amides is 1. The molecule has 0 aromatic carbocycles. The van der Waals surface area contributed by atoms with Crippen molar-refractivity contribution in [1.29, 1.82) is 0 Å². The van der Waals surface area contributed by atoms with E-state index < -0.39 is 11.7 Å². The van der Waals surface area contributed by atoms with Crippen LogP contribution in [0.3, 0.4) is 0 Å². The molecule has 5 nitrogen and oxygen atoms in total. The normalized spacial score (nSPS) is 23.6. The standard InChI is InChI=1S/C13H23NO4.C2H6/c1-12(2,3)18-11(16)14-9-7-8(10(15)17-6)13(9,4)5;1-2/h8-9H,7H2,1-6H3,(H,14,16);1-2H3/t8?,9-;/m1./s1. The van der Waals surface area contributed by atoms with Gasteiger partial charge in [-0.3, -0.25) is 4.79 Å². The largest absolute Gasteiger partial charge is 0.469 e. The Hall–Kier alpha value is -1.26. The van der Waals surface area contributed by atoms with Crippen LogP contribution in [0.2, 0.25) is 0 Å². The van der Waals surface area contributed by atoms with Crippen molar-refractivity contribution < 1.29 is 19.1 Å². The van der Waals surface area contributed by atoms with Crippen LogP contribution in [0.1, 0.15) is 54.9 Å². The second-order valence-corrected chi connectivity index (χ2v) is 6.33. The lowest BCUT2D eigenvalue weighted by atomic mass is 9.58. The molecule has 0 radical (unpaired) electrons. The monoisotopic (exact) mass is 287 g/mol. The zero-order valence-electron chi connectivity index (χ0n) is 14.0. The Labute approximate surface area is 122 Å². The molecule has 0 heterocycles. The molecule has 1 N–H and O–H groups in total. The number of ether oxygens (including phenoxy) is 2. The summed E-state index contributed by atoms with van der Waals surface area (Å²) in [6.07, 6.45) is 0.155. The highest BCUT2D eigenvalue weighted by Gasteiger charge is 2.53. The van der Waals surface area contributed by atoms with Crippen LogP contribution in [0.15, 0.2) is 0 Å². The molecule has 0 spiro atoms. The van der Waals surface area contributed by atoms with Crippen LogP contribution in [-0.2, 0) is 14.3 Å². The lowest BCUT2D eigenvalue weighted by molar-refractivity contribution is -0.158. The van der Waals surface area contributed by atoms with Gasteiger partial charge in [-0.1, -0.05) is 27.7 Å². The molecule has 5 heteroatoms. The Morgan fingerprint density at radius 1 is 1.20 bits per heavy atom. The van der Waals surface area contributed by atoms with Gasteiger partial charge in [0.25, 0.3) is 0 Å². The Morgan fingerprint density at radius 2 is 1.70 bits per heavy atom. The van der Waals surface area contributed by atoms with Crippen LogP contribution in [0.25, 0.3) is 0 Å². The van der Waals surface area contributed by atoms with Gasteiger partial charge in [-0.15, -0.1) is 0 Å². The fourth-order valence-corrected chi connectivity index (χ4v) is 2.16. The molecule has 1 aliphatic rings. The van der Waals surface area contributed by atoms with E-state index in [1.54, 1.807) is 0 Å². The van der Waals surface area contributed by atoms with Gasteiger partial charge in [-0.25, -0.2) is 4.79 Å². The van der Waals surface area contributed by atoms with Gasteiger partial charge >= 0.3 is 12.1 Å². The molecule has 0 saturated heterocycles. The molecule has 1 unspecified atom stereocenters. The first-order valence-electron chi connectivity index (χ1n) is 7.15. The number of rotatable bonds is 2. The number of hydrogen-bond acceptors (Lipinski definition) is 4. The third kappa shape index (κ3) is 4.69. The predicted octanol–water partition coefficient (Wildman–Crippen LogP) is 3.13. The minimum atomic E-state index is -0.514. The Bertz CT molecular complexity index is 344. The third-order valence-corrected chi connectivity index (χ3v) is 3.44. The fraction of sp³-hybridized carbons (Fsp3) is 0.867. The van der Waals surface area contributed by atoms with E-state index in [4.69, 9.17) is 9.47 Å². The van der Waals surface area contributed by atoms with E-state index in [2.05, 4.69) is 5.32 Å². The second-order valence-electron chi connectivity index (χ2n) is 6.33. The maximum Gasteiger partial charge on any atom is 0.407 e. The first kappa shape index (κ1) is 18.7. The van der Waals surface area contributed by atoms with Crippen LogP contribution < -0.4 is 5.32 Å². The fourth-order valence-electron chi connectivity index (χ4n) is 2.16. The summed E-state index contributed by atoms with van der Waals surface area (Å²) in [4.78, 5) is 23.1. The minimum Gasteiger partial charge on any atom is -0.469 e. The smallest absolute Gasteiger partial charge is 0.407 e. The van der Waals surface area contributed by atoms with Crippen LogP contribution >= 0.6 is 0 Å². The van der Waals surface area contributed by atoms with Gasteiger partial charge in [-0.2, -0.15) is 0 Å². The summed E-state index contributed by atoms with van der Waals surface area (Å²) in [5, 5.41) is 2.80. The zero-order valence-corrected chi connectivity index (χ0v) is 14.0. The molecule has 118 valence electrons. The number of methoxy groups -OCH3 is 1. The molecule has 20 heavy (non-hydrogen) atoms. The molecule has 0 aromatic rings. The minimum absolute atomic E-state index is 0.0588. The van der Waals surface area contributed by atoms with E-state index in [0.29, 0.717) is 6.42 Å². The van der Waals surface area contributed by atoms with Gasteiger partial charge in [0, 0.05) is 6.04 Å². The van der Waals surface area contributed by atoms with Gasteiger partial charge in [0.2, 0.25) is 0 Å². The van der Waals surface area contributed by atoms with Gasteiger partial charge in [0.15, 0.2) is 0 Å². The van der Waals surface area contributed by atoms with Gasteiger partial charge in [0.1, 0.15) is 5.60 Å². The van der Waals surface area contributed by atoms with E-state index in [1.807, 2.05) is 48.5 Å². The number of nitrogens with one attached hydrogen (secondary N) is 1. The van der Waals surface area contributed by atoms with Crippen molar-refractivity contribution in [2.45, 2.75) is 66.5 Å². The van der Waals surface area contributed by atoms with E-state index in [-0.39, 0.29) is 23.3 Å². The lowest BCUT2D eigenvalue weighted by Crippen LogP contribution is -2.61. The molecule has 1 aliphatic carbocycles. The Kier molecular flexibility index (Phi) is 6.51. The van der Waals surface area contributed by atoms with Crippen molar-refractivity contribution in [1.82, 2.24) is 5.32 Å². The molecule has 1 saturated carbocycles. The van der Waals surface area contributed by atoms with Crippen LogP contribution in [0.4, 0.5) is 4.79 Å². The molecule has 1 fully saturated rings. The highest BCUT2D eigenvalue weighted by atomic mass is 16.6. The number of carbonyl (C=O) groups is 2. The average molecular weight is 287 g/mol. The lowest BCUT2D eigenvalue weighted by Gasteiger charge is -2.50. The van der Waals surface area contributed by atoms with Crippen molar-refractivity contribution in [3.8, 4) is 0 Å². The van der Waals surface area contributed by atoms with Crippen molar-refractivity contribution in [3.63, 3.8) is 0 Å². The number of hydrogen-bond donors (Lipinski definition) is 1. The Morgan fingerprint density at radius 3 is 2.05 bits per heavy atom. The van der Waals surface area contributed by atoms with Crippen molar-refractivity contribution in [3.05, 3.63) is 0 Å². The van der Waals surface area contributed by atoms with Crippen LogP contribution in [0.5, 0.6) is 0 Å². The first-order chi connectivity index (χ1) is 9.08. The first-order valence-corrected chi connectivity index (χ1v) is 7.15. The topological polar surface area (TPSA) is 64.6 Å². The quantitative estimate of drug-likeness (QED) is 0.792. The molecule has 0 aliphatic heterocycles.